The molecule has 2 aliphatic rings. The summed E-state index contributed by atoms with van der Waals surface area (Å²) in [6.45, 7) is 18.0. The molecular weight excluding hydrogens is 817 g/mol. The first-order valence-electron chi connectivity index (χ1n) is 19.5. The third-order valence-corrected chi connectivity index (χ3v) is 12.1. The summed E-state index contributed by atoms with van der Waals surface area (Å²) < 4.78 is 58.4. The lowest BCUT2D eigenvalue weighted by atomic mass is 9.97. The molecule has 60 heavy (non-hydrogen) atoms. The highest BCUT2D eigenvalue weighted by Gasteiger charge is 2.27. The van der Waals surface area contributed by atoms with Crippen molar-refractivity contribution in [1.29, 1.82) is 0 Å². The van der Waals surface area contributed by atoms with Gasteiger partial charge in [0.1, 0.15) is 9.79 Å². The van der Waals surface area contributed by atoms with Crippen molar-refractivity contribution >= 4 is 43.3 Å². The molecule has 6 N–H and O–H groups in total. The van der Waals surface area contributed by atoms with Crippen LogP contribution in [-0.2, 0) is 32.9 Å². The van der Waals surface area contributed by atoms with Crippen LogP contribution in [0.25, 0.3) is 0 Å². The van der Waals surface area contributed by atoms with E-state index in [0.717, 1.165) is 24.0 Å². The second-order valence-electron chi connectivity index (χ2n) is 15.3. The van der Waals surface area contributed by atoms with Crippen LogP contribution in [0.1, 0.15) is 114 Å². The monoisotopic (exact) mass is 872 g/mol. The molecule has 0 saturated heterocycles. The van der Waals surface area contributed by atoms with Crippen molar-refractivity contribution in [3.8, 4) is 23.5 Å². The fourth-order valence-corrected chi connectivity index (χ4v) is 8.45. The third kappa shape index (κ3) is 10.3. The molecule has 22 heteroatoms. The van der Waals surface area contributed by atoms with Crippen LogP contribution in [-0.4, -0.2) is 77.4 Å². The van der Waals surface area contributed by atoms with E-state index in [9.17, 15) is 18.0 Å². The number of pyridine rings is 2. The molecule has 0 aliphatic carbocycles. The van der Waals surface area contributed by atoms with E-state index in [4.69, 9.17) is 29.2 Å². The van der Waals surface area contributed by atoms with Gasteiger partial charge in [0.25, 0.3) is 0 Å². The quantitative estimate of drug-likeness (QED) is 0.133. The maximum atomic E-state index is 13.0. The van der Waals surface area contributed by atoms with E-state index >= 15 is 0 Å². The van der Waals surface area contributed by atoms with Gasteiger partial charge in [0, 0.05) is 38.1 Å². The minimum absolute atomic E-state index is 0.00576. The lowest BCUT2D eigenvalue weighted by Gasteiger charge is -2.20. The molecular formula is C38H56N12O8S2. The first kappa shape index (κ1) is 45.8. The largest absolute Gasteiger partial charge is 0.481 e. The van der Waals surface area contributed by atoms with Gasteiger partial charge in [-0.05, 0) is 34.8 Å². The fraction of sp³-hybridized carbons (Fsp3) is 0.526. The predicted octanol–water partition coefficient (Wildman–Crippen LogP) is 6.50. The van der Waals surface area contributed by atoms with Crippen LogP contribution in [0.5, 0.6) is 23.5 Å². The number of nitrogens with two attached hydrogens (primary N) is 2. The summed E-state index contributed by atoms with van der Waals surface area (Å²) in [6.07, 6.45) is 4.26. The van der Waals surface area contributed by atoms with E-state index < -0.39 is 31.9 Å². The number of rotatable bonds is 10. The van der Waals surface area contributed by atoms with E-state index in [-0.39, 0.29) is 33.5 Å². The number of nitrogens with one attached hydrogen (secondary N) is 2. The Bertz CT molecular complexity index is 2250. The SMILES string of the molecule is COc1cc(C(C)C)c(NC(=O)N=S(N)(=O)c2cnn3c2OCCC3)c(C(C)C)n1.COc1cc(C(C)C)c(NC(=O)N=S(N)(=O)c2cnn3c2OCCC3)c(C(C)C)n1. The van der Waals surface area contributed by atoms with Gasteiger partial charge < -0.3 is 29.6 Å². The lowest BCUT2D eigenvalue weighted by molar-refractivity contribution is 0.224. The summed E-state index contributed by atoms with van der Waals surface area (Å²) in [5.41, 5.74) is 4.02. The lowest BCUT2D eigenvalue weighted by Crippen LogP contribution is -2.21. The van der Waals surface area contributed by atoms with Gasteiger partial charge in [-0.1, -0.05) is 55.4 Å². The van der Waals surface area contributed by atoms with E-state index in [1.54, 1.807) is 35.7 Å². The number of ether oxygens (including phenoxy) is 4. The van der Waals surface area contributed by atoms with E-state index in [2.05, 4.69) is 39.5 Å². The molecule has 0 fully saturated rings. The third-order valence-electron chi connectivity index (χ3n) is 9.42. The highest BCUT2D eigenvalue weighted by atomic mass is 32.2. The summed E-state index contributed by atoms with van der Waals surface area (Å²) in [4.78, 5) is 34.6. The van der Waals surface area contributed by atoms with Gasteiger partial charge in [0.15, 0.2) is 19.8 Å². The van der Waals surface area contributed by atoms with Gasteiger partial charge in [0.05, 0.1) is 62.6 Å². The van der Waals surface area contributed by atoms with E-state index in [1.165, 1.54) is 12.4 Å². The Balaban J connectivity index is 0.000000228. The molecule has 6 heterocycles. The normalized spacial score (nSPS) is 15.3. The predicted molar refractivity (Wildman–Crippen MR) is 227 cm³/mol. The molecule has 2 unspecified atom stereocenters. The maximum absolute atomic E-state index is 13.0. The molecule has 2 atom stereocenters. The Labute approximate surface area is 351 Å². The fourth-order valence-electron chi connectivity index (χ4n) is 6.44. The molecule has 2 aliphatic heterocycles. The van der Waals surface area contributed by atoms with Crippen LogP contribution in [0.15, 0.2) is 43.0 Å². The highest BCUT2D eigenvalue weighted by Crippen LogP contribution is 2.36. The number of hydrogen-bond acceptors (Lipinski definition) is 12. The minimum Gasteiger partial charge on any atom is -0.481 e. The Morgan fingerprint density at radius 2 is 1.05 bits per heavy atom. The first-order valence-corrected chi connectivity index (χ1v) is 22.7. The second kappa shape index (κ2) is 18.9. The number of amides is 4. The Kier molecular flexibility index (Phi) is 14.4. The molecule has 0 aromatic carbocycles. The van der Waals surface area contributed by atoms with E-state index in [1.807, 2.05) is 55.4 Å². The van der Waals surface area contributed by atoms with Crippen molar-refractivity contribution in [3.63, 3.8) is 0 Å². The molecule has 0 spiro atoms. The number of anilines is 2. The van der Waals surface area contributed by atoms with Gasteiger partial charge in [0.2, 0.25) is 23.5 Å². The zero-order chi connectivity index (χ0) is 44.1. The molecule has 0 saturated carbocycles. The van der Waals surface area contributed by atoms with Crippen LogP contribution in [0.3, 0.4) is 0 Å². The van der Waals surface area contributed by atoms with Gasteiger partial charge >= 0.3 is 12.1 Å². The summed E-state index contributed by atoms with van der Waals surface area (Å²) in [7, 11) is -4.01. The molecule has 4 aromatic heterocycles. The van der Waals surface area contributed by atoms with Crippen molar-refractivity contribution < 1.29 is 37.0 Å². The molecule has 328 valence electrons. The molecule has 0 radical (unpaired) electrons. The maximum Gasteiger partial charge on any atom is 0.354 e. The molecule has 6 rings (SSSR count). The van der Waals surface area contributed by atoms with Crippen molar-refractivity contribution in [2.24, 2.45) is 19.0 Å². The first-order chi connectivity index (χ1) is 28.3. The number of methoxy groups -OCH3 is 2. The Morgan fingerprint density at radius 1 is 0.683 bits per heavy atom. The number of carbonyl (C=O) groups excluding carboxylic acids is 2. The van der Waals surface area contributed by atoms with Crippen LogP contribution < -0.4 is 39.9 Å². The van der Waals surface area contributed by atoms with Crippen LogP contribution in [0, 0.1) is 0 Å². The standard InChI is InChI=1S/2C19H28N6O4S/c2*1-11(2)13-9-15(28-5)22-16(12(3)4)17(13)23-19(26)24-30(20,27)14-10-21-25-7-6-8-29-18(14)25/h2*9-12H,6-8H2,1-5H3,(H3,20,23,24,26,27). The smallest absolute Gasteiger partial charge is 0.354 e. The van der Waals surface area contributed by atoms with Gasteiger partial charge in [-0.15, -0.1) is 8.73 Å². The Morgan fingerprint density at radius 3 is 1.37 bits per heavy atom. The summed E-state index contributed by atoms with van der Waals surface area (Å²) in [5.74, 6) is 1.68. The van der Waals surface area contributed by atoms with Crippen LogP contribution in [0.4, 0.5) is 21.0 Å². The highest BCUT2D eigenvalue weighted by molar-refractivity contribution is 7.92. The minimum atomic E-state index is -3.55. The van der Waals surface area contributed by atoms with Gasteiger partial charge in [-0.3, -0.25) is 0 Å². The molecule has 4 amide bonds. The van der Waals surface area contributed by atoms with Crippen molar-refractivity contribution in [1.82, 2.24) is 29.5 Å². The zero-order valence-electron chi connectivity index (χ0n) is 35.7. The topological polar surface area (TPSA) is 267 Å². The molecule has 20 nitrogen and oxygen atoms in total. The number of fused-ring (bicyclic) bond motifs is 2. The summed E-state index contributed by atoms with van der Waals surface area (Å²) in [6, 6.07) is 1.89. The summed E-state index contributed by atoms with van der Waals surface area (Å²) in [5, 5.41) is 25.6. The number of urea groups is 2. The second-order valence-corrected chi connectivity index (χ2v) is 18.8. The molecule has 4 aromatic rings. The number of carbonyl (C=O) groups is 2. The summed E-state index contributed by atoms with van der Waals surface area (Å²) >= 11 is 0. The van der Waals surface area contributed by atoms with Gasteiger partial charge in [-0.25, -0.2) is 47.6 Å². The van der Waals surface area contributed by atoms with Crippen molar-refractivity contribution in [3.05, 3.63) is 47.0 Å². The number of aryl methyl sites for hydroxylation is 2. The van der Waals surface area contributed by atoms with Crippen LogP contribution in [0.2, 0.25) is 0 Å². The number of aromatic nitrogens is 6. The molecule has 0 bridgehead atoms. The van der Waals surface area contributed by atoms with Crippen molar-refractivity contribution in [2.45, 2.75) is 115 Å². The van der Waals surface area contributed by atoms with Gasteiger partial charge in [-0.2, -0.15) is 10.2 Å². The van der Waals surface area contributed by atoms with Crippen molar-refractivity contribution in [2.75, 3.05) is 38.1 Å². The number of hydrogen-bond donors (Lipinski definition) is 4. The number of nitrogens with zero attached hydrogens (tertiary/aromatic N) is 8. The average Bonchev–Trinajstić information content (AvgIpc) is 3.83. The average molecular weight is 873 g/mol. The van der Waals surface area contributed by atoms with E-state index in [0.29, 0.717) is 72.6 Å². The van der Waals surface area contributed by atoms with Crippen LogP contribution >= 0.6 is 0 Å². The zero-order valence-corrected chi connectivity index (χ0v) is 37.3. The Hall–Kier alpha value is -5.32.